The van der Waals surface area contributed by atoms with Gasteiger partial charge in [0.15, 0.2) is 0 Å². The summed E-state index contributed by atoms with van der Waals surface area (Å²) >= 11 is 7.17. The van der Waals surface area contributed by atoms with E-state index in [1.165, 1.54) is 24.2 Å². The van der Waals surface area contributed by atoms with Gasteiger partial charge in [-0.2, -0.15) is 0 Å². The molecule has 3 nitrogen and oxygen atoms in total. The first-order valence-corrected chi connectivity index (χ1v) is 6.34. The summed E-state index contributed by atoms with van der Waals surface area (Å²) in [5.74, 6) is -0.421. The highest BCUT2D eigenvalue weighted by molar-refractivity contribution is 7.99. The number of H-pyrrole nitrogens is 1. The lowest BCUT2D eigenvalue weighted by atomic mass is 10.3. The molecule has 90 valence electrons. The van der Waals surface area contributed by atoms with Gasteiger partial charge in [-0.3, -0.25) is 0 Å². The largest absolute Gasteiger partial charge is 0.346 e. The molecule has 0 bridgehead atoms. The van der Waals surface area contributed by atoms with Crippen molar-refractivity contribution in [2.45, 2.75) is 9.92 Å². The smallest absolute Gasteiger partial charge is 0.141 e. The van der Waals surface area contributed by atoms with Gasteiger partial charge in [-0.1, -0.05) is 23.4 Å². The normalized spacial score (nSPS) is 11.0. The van der Waals surface area contributed by atoms with E-state index in [9.17, 15) is 4.39 Å². The Labute approximate surface area is 111 Å². The molecule has 0 aliphatic heterocycles. The van der Waals surface area contributed by atoms with Crippen LogP contribution in [0.5, 0.6) is 0 Å². The zero-order valence-electron chi connectivity index (χ0n) is 9.02. The highest BCUT2D eigenvalue weighted by Crippen LogP contribution is 2.32. The Kier molecular flexibility index (Phi) is 2.93. The third-order valence-corrected chi connectivity index (χ3v) is 3.72. The summed E-state index contributed by atoms with van der Waals surface area (Å²) in [6.45, 7) is 0. The van der Waals surface area contributed by atoms with Crippen molar-refractivity contribution < 1.29 is 4.39 Å². The number of hydrogen-bond donors (Lipinski definition) is 1. The number of benzene rings is 1. The van der Waals surface area contributed by atoms with E-state index in [1.807, 2.05) is 6.07 Å². The van der Waals surface area contributed by atoms with Crippen LogP contribution in [0.15, 0.2) is 46.7 Å². The van der Waals surface area contributed by atoms with Crippen LogP contribution >= 0.6 is 23.4 Å². The Morgan fingerprint density at radius 1 is 1.22 bits per heavy atom. The Hall–Kier alpha value is -1.59. The molecule has 0 fully saturated rings. The lowest BCUT2D eigenvalue weighted by molar-refractivity contribution is 0.627. The highest BCUT2D eigenvalue weighted by Gasteiger charge is 2.08. The zero-order valence-corrected chi connectivity index (χ0v) is 10.6. The summed E-state index contributed by atoms with van der Waals surface area (Å²) < 4.78 is 13.1. The number of halogens is 2. The highest BCUT2D eigenvalue weighted by atomic mass is 35.5. The zero-order chi connectivity index (χ0) is 12.5. The molecule has 18 heavy (non-hydrogen) atoms. The summed E-state index contributed by atoms with van der Waals surface area (Å²) in [7, 11) is 0. The van der Waals surface area contributed by atoms with Gasteiger partial charge in [0.2, 0.25) is 0 Å². The second kappa shape index (κ2) is 4.59. The summed E-state index contributed by atoms with van der Waals surface area (Å²) in [4.78, 5) is 12.2. The second-order valence-corrected chi connectivity index (χ2v) is 5.07. The molecule has 0 atom stereocenters. The average Bonchev–Trinajstić information content (AvgIpc) is 2.83. The van der Waals surface area contributed by atoms with Crippen LogP contribution in [0, 0.1) is 5.82 Å². The van der Waals surface area contributed by atoms with E-state index in [2.05, 4.69) is 15.0 Å². The molecule has 0 radical (unpaired) electrons. The number of nitrogens with zero attached hydrogens (tertiary/aromatic N) is 2. The van der Waals surface area contributed by atoms with E-state index in [0.717, 1.165) is 21.0 Å². The molecule has 0 aliphatic carbocycles. The molecule has 0 unspecified atom stereocenters. The number of aromatic nitrogens is 3. The van der Waals surface area contributed by atoms with E-state index in [1.54, 1.807) is 18.3 Å². The van der Waals surface area contributed by atoms with Gasteiger partial charge in [0.25, 0.3) is 0 Å². The molecule has 0 saturated heterocycles. The van der Waals surface area contributed by atoms with E-state index in [4.69, 9.17) is 11.6 Å². The summed E-state index contributed by atoms with van der Waals surface area (Å²) in [5, 5.41) is 1.85. The fourth-order valence-corrected chi connectivity index (χ4v) is 2.74. The van der Waals surface area contributed by atoms with Crippen LogP contribution in [0.1, 0.15) is 0 Å². The van der Waals surface area contributed by atoms with Crippen molar-refractivity contribution in [1.29, 1.82) is 0 Å². The van der Waals surface area contributed by atoms with Gasteiger partial charge in [0, 0.05) is 11.1 Å². The maximum absolute atomic E-state index is 13.1. The Morgan fingerprint density at radius 3 is 2.94 bits per heavy atom. The monoisotopic (exact) mass is 279 g/mol. The van der Waals surface area contributed by atoms with Crippen LogP contribution in [0.3, 0.4) is 0 Å². The lowest BCUT2D eigenvalue weighted by Crippen LogP contribution is -1.85. The van der Waals surface area contributed by atoms with Crippen molar-refractivity contribution in [2.24, 2.45) is 0 Å². The SMILES string of the molecule is Fc1ccc(Sc2ncnc3[nH]ccc23)cc1Cl. The number of nitrogens with one attached hydrogen (secondary N) is 1. The number of fused-ring (bicyclic) bond motifs is 1. The van der Waals surface area contributed by atoms with Crippen molar-refractivity contribution >= 4 is 34.4 Å². The molecule has 2 aromatic heterocycles. The van der Waals surface area contributed by atoms with Gasteiger partial charge in [-0.25, -0.2) is 14.4 Å². The van der Waals surface area contributed by atoms with Crippen LogP contribution < -0.4 is 0 Å². The fourth-order valence-electron chi connectivity index (χ4n) is 1.58. The van der Waals surface area contributed by atoms with Crippen molar-refractivity contribution in [3.63, 3.8) is 0 Å². The second-order valence-electron chi connectivity index (χ2n) is 3.60. The van der Waals surface area contributed by atoms with E-state index < -0.39 is 5.82 Å². The molecule has 0 saturated carbocycles. The van der Waals surface area contributed by atoms with Gasteiger partial charge in [0.1, 0.15) is 22.8 Å². The van der Waals surface area contributed by atoms with Crippen LogP contribution in [-0.4, -0.2) is 15.0 Å². The summed E-state index contributed by atoms with van der Waals surface area (Å²) in [6, 6.07) is 6.51. The molecule has 0 aliphatic rings. The molecular weight excluding hydrogens is 273 g/mol. The van der Waals surface area contributed by atoms with Crippen LogP contribution in [-0.2, 0) is 0 Å². The average molecular weight is 280 g/mol. The predicted octanol–water partition coefficient (Wildman–Crippen LogP) is 3.90. The van der Waals surface area contributed by atoms with Gasteiger partial charge < -0.3 is 4.98 Å². The van der Waals surface area contributed by atoms with Gasteiger partial charge >= 0.3 is 0 Å². The van der Waals surface area contributed by atoms with E-state index in [-0.39, 0.29) is 5.02 Å². The number of hydrogen-bond acceptors (Lipinski definition) is 3. The van der Waals surface area contributed by atoms with Gasteiger partial charge in [-0.15, -0.1) is 0 Å². The Balaban J connectivity index is 2.01. The Bertz CT molecular complexity index is 713. The first-order valence-electron chi connectivity index (χ1n) is 5.15. The molecule has 0 amide bonds. The van der Waals surface area contributed by atoms with Crippen molar-refractivity contribution in [3.8, 4) is 0 Å². The summed E-state index contributed by atoms with van der Waals surface area (Å²) in [6.07, 6.45) is 3.30. The molecular formula is C12H7ClFN3S. The minimum atomic E-state index is -0.421. The summed E-state index contributed by atoms with van der Waals surface area (Å²) in [5.41, 5.74) is 0.778. The molecule has 1 N–H and O–H groups in total. The van der Waals surface area contributed by atoms with E-state index in [0.29, 0.717) is 0 Å². The van der Waals surface area contributed by atoms with Crippen LogP contribution in [0.2, 0.25) is 5.02 Å². The molecule has 2 heterocycles. The first kappa shape index (κ1) is 11.5. The van der Waals surface area contributed by atoms with Crippen molar-refractivity contribution in [3.05, 3.63) is 47.6 Å². The third kappa shape index (κ3) is 2.07. The predicted molar refractivity (Wildman–Crippen MR) is 69.4 cm³/mol. The lowest BCUT2D eigenvalue weighted by Gasteiger charge is -2.03. The minimum absolute atomic E-state index is 0.111. The number of rotatable bonds is 2. The first-order chi connectivity index (χ1) is 8.74. The van der Waals surface area contributed by atoms with Gasteiger partial charge in [-0.05, 0) is 24.3 Å². The topological polar surface area (TPSA) is 41.6 Å². The molecule has 3 rings (SSSR count). The van der Waals surface area contributed by atoms with Crippen LogP contribution in [0.4, 0.5) is 4.39 Å². The van der Waals surface area contributed by atoms with E-state index >= 15 is 0 Å². The molecule has 1 aromatic carbocycles. The molecule has 6 heteroatoms. The standard InChI is InChI=1S/C12H7ClFN3S/c13-9-5-7(1-2-10(9)14)18-12-8-3-4-15-11(8)16-6-17-12/h1-6H,(H,15,16,17). The molecule has 0 spiro atoms. The van der Waals surface area contributed by atoms with Gasteiger partial charge in [0.05, 0.1) is 10.4 Å². The minimum Gasteiger partial charge on any atom is -0.346 e. The maximum atomic E-state index is 13.1. The fraction of sp³-hybridized carbons (Fsp3) is 0. The van der Waals surface area contributed by atoms with Crippen LogP contribution in [0.25, 0.3) is 11.0 Å². The number of aromatic amines is 1. The Morgan fingerprint density at radius 2 is 2.11 bits per heavy atom. The maximum Gasteiger partial charge on any atom is 0.141 e. The quantitative estimate of drug-likeness (QED) is 0.723. The van der Waals surface area contributed by atoms with Crippen molar-refractivity contribution in [2.75, 3.05) is 0 Å². The third-order valence-electron chi connectivity index (χ3n) is 2.42. The van der Waals surface area contributed by atoms with Crippen molar-refractivity contribution in [1.82, 2.24) is 15.0 Å². The molecule has 3 aromatic rings.